The van der Waals surface area contributed by atoms with Crippen LogP contribution in [-0.4, -0.2) is 78.8 Å². The van der Waals surface area contributed by atoms with Gasteiger partial charge in [-0.05, 0) is 75.3 Å². The smallest absolute Gasteiger partial charge is 0.233 e. The standard InChI is InChI=1S/C27H35N7/c28-18-22-17-23(19-30-26(22)34-15-5-6-16-34)25-11-12-29-27(32-25)31-24-8-2-1-7-21(9-10-24)20-33-13-3-4-14-33/h7,9-10,12,17,22,27H,1-6,8,11,13-16,19-20H2. The van der Waals surface area contributed by atoms with Crippen molar-refractivity contribution in [2.75, 3.05) is 39.3 Å². The first-order chi connectivity index (χ1) is 16.8. The van der Waals surface area contributed by atoms with Gasteiger partial charge in [-0.25, -0.2) is 15.0 Å². The zero-order valence-corrected chi connectivity index (χ0v) is 20.1. The number of allylic oxidation sites excluding steroid dienone is 2. The van der Waals surface area contributed by atoms with Gasteiger partial charge in [-0.3, -0.25) is 9.89 Å². The van der Waals surface area contributed by atoms with Gasteiger partial charge in [0.25, 0.3) is 0 Å². The molecule has 0 aromatic rings. The zero-order valence-electron chi connectivity index (χ0n) is 20.1. The molecule has 7 heteroatoms. The van der Waals surface area contributed by atoms with Crippen molar-refractivity contribution in [3.8, 4) is 6.07 Å². The largest absolute Gasteiger partial charge is 0.359 e. The molecule has 0 amide bonds. The maximum Gasteiger partial charge on any atom is 0.233 e. The van der Waals surface area contributed by atoms with Crippen LogP contribution in [-0.2, 0) is 0 Å². The molecule has 7 nitrogen and oxygen atoms in total. The van der Waals surface area contributed by atoms with E-state index in [1.54, 1.807) is 0 Å². The van der Waals surface area contributed by atoms with Crippen LogP contribution < -0.4 is 0 Å². The van der Waals surface area contributed by atoms with E-state index in [1.165, 1.54) is 44.3 Å². The fourth-order valence-corrected chi connectivity index (χ4v) is 5.35. The van der Waals surface area contributed by atoms with Crippen LogP contribution in [0.25, 0.3) is 0 Å². The molecule has 0 aromatic heterocycles. The van der Waals surface area contributed by atoms with Crippen molar-refractivity contribution in [3.05, 3.63) is 35.5 Å². The lowest BCUT2D eigenvalue weighted by molar-refractivity contribution is 0.371. The molecule has 0 saturated carbocycles. The molecule has 0 spiro atoms. The number of amidine groups is 1. The third-order valence-corrected chi connectivity index (χ3v) is 7.21. The fourth-order valence-electron chi connectivity index (χ4n) is 5.35. The summed E-state index contributed by atoms with van der Waals surface area (Å²) < 4.78 is 0. The highest BCUT2D eigenvalue weighted by Gasteiger charge is 2.27. The molecule has 2 saturated heterocycles. The molecule has 2 unspecified atom stereocenters. The minimum absolute atomic E-state index is 0.289. The van der Waals surface area contributed by atoms with Crippen molar-refractivity contribution < 1.29 is 0 Å². The van der Waals surface area contributed by atoms with Gasteiger partial charge >= 0.3 is 0 Å². The van der Waals surface area contributed by atoms with E-state index in [-0.39, 0.29) is 5.92 Å². The average Bonchev–Trinajstić information content (AvgIpc) is 3.57. The summed E-state index contributed by atoms with van der Waals surface area (Å²) >= 11 is 0. The lowest BCUT2D eigenvalue weighted by Crippen LogP contribution is -2.35. The van der Waals surface area contributed by atoms with Gasteiger partial charge < -0.3 is 4.90 Å². The van der Waals surface area contributed by atoms with E-state index in [0.29, 0.717) is 13.0 Å². The Labute approximate surface area is 203 Å². The Bertz CT molecular complexity index is 1010. The Balaban J connectivity index is 1.27. The average molecular weight is 458 g/mol. The van der Waals surface area contributed by atoms with Crippen LogP contribution in [0.2, 0.25) is 0 Å². The molecule has 5 rings (SSSR count). The summed E-state index contributed by atoms with van der Waals surface area (Å²) in [5, 5.41) is 9.76. The first-order valence-electron chi connectivity index (χ1n) is 12.9. The van der Waals surface area contributed by atoms with Gasteiger partial charge in [-0.15, -0.1) is 0 Å². The highest BCUT2D eigenvalue weighted by Crippen LogP contribution is 2.23. The number of nitriles is 1. The Morgan fingerprint density at radius 1 is 1.06 bits per heavy atom. The van der Waals surface area contributed by atoms with Gasteiger partial charge in [0.1, 0.15) is 11.8 Å². The minimum atomic E-state index is -0.431. The highest BCUT2D eigenvalue weighted by molar-refractivity contribution is 6.10. The second kappa shape index (κ2) is 11.1. The third kappa shape index (κ3) is 5.61. The molecule has 0 bridgehead atoms. The van der Waals surface area contributed by atoms with E-state index in [4.69, 9.17) is 15.0 Å². The minimum Gasteiger partial charge on any atom is -0.359 e. The Kier molecular flexibility index (Phi) is 7.45. The first kappa shape index (κ1) is 22.9. The Hall–Kier alpha value is -2.85. The van der Waals surface area contributed by atoms with Crippen molar-refractivity contribution in [3.63, 3.8) is 0 Å². The summed E-state index contributed by atoms with van der Waals surface area (Å²) in [6.07, 6.45) is 19.2. The number of rotatable bonds is 4. The Morgan fingerprint density at radius 3 is 2.71 bits per heavy atom. The summed E-state index contributed by atoms with van der Waals surface area (Å²) in [4.78, 5) is 23.9. The lowest BCUT2D eigenvalue weighted by atomic mass is 9.97. The number of dihydropyridines is 1. The van der Waals surface area contributed by atoms with Gasteiger partial charge in [0, 0.05) is 43.7 Å². The maximum absolute atomic E-state index is 9.76. The van der Waals surface area contributed by atoms with Gasteiger partial charge in [0.2, 0.25) is 6.29 Å². The topological polar surface area (TPSA) is 79.7 Å². The van der Waals surface area contributed by atoms with Crippen LogP contribution in [0.4, 0.5) is 0 Å². The van der Waals surface area contributed by atoms with Crippen LogP contribution in [0.3, 0.4) is 0 Å². The van der Waals surface area contributed by atoms with Gasteiger partial charge in [-0.2, -0.15) is 5.26 Å². The third-order valence-electron chi connectivity index (χ3n) is 7.21. The lowest BCUT2D eigenvalue weighted by Gasteiger charge is -2.26. The maximum atomic E-state index is 9.76. The summed E-state index contributed by atoms with van der Waals surface area (Å²) in [5.74, 6) is 0.644. The monoisotopic (exact) mass is 457 g/mol. The molecule has 0 aromatic carbocycles. The van der Waals surface area contributed by atoms with Gasteiger partial charge in [0.15, 0.2) is 0 Å². The molecule has 5 aliphatic rings. The Morgan fingerprint density at radius 2 is 1.88 bits per heavy atom. The summed E-state index contributed by atoms with van der Waals surface area (Å²) in [6, 6.07) is 2.44. The van der Waals surface area contributed by atoms with Crippen LogP contribution in [0.1, 0.15) is 51.4 Å². The molecule has 0 radical (unpaired) electrons. The molecule has 178 valence electrons. The van der Waals surface area contributed by atoms with Crippen LogP contribution in [0.5, 0.6) is 0 Å². The van der Waals surface area contributed by atoms with E-state index in [9.17, 15) is 5.26 Å². The van der Waals surface area contributed by atoms with Crippen LogP contribution >= 0.6 is 0 Å². The second-order valence-electron chi connectivity index (χ2n) is 9.73. The summed E-state index contributed by atoms with van der Waals surface area (Å²) in [7, 11) is 0. The number of aliphatic imine (C=N–C) groups is 4. The van der Waals surface area contributed by atoms with Crippen molar-refractivity contribution >= 4 is 23.5 Å². The molecular weight excluding hydrogens is 422 g/mol. The second-order valence-corrected chi connectivity index (χ2v) is 9.73. The quantitative estimate of drug-likeness (QED) is 0.641. The first-order valence-corrected chi connectivity index (χ1v) is 12.9. The van der Waals surface area contributed by atoms with Crippen LogP contribution in [0.15, 0.2) is 55.4 Å². The molecule has 2 atom stereocenters. The van der Waals surface area contributed by atoms with Crippen LogP contribution in [0, 0.1) is 17.2 Å². The molecule has 4 aliphatic heterocycles. The van der Waals surface area contributed by atoms with Crippen molar-refractivity contribution in [1.82, 2.24) is 9.80 Å². The van der Waals surface area contributed by atoms with Crippen molar-refractivity contribution in [1.29, 1.82) is 5.26 Å². The summed E-state index contributed by atoms with van der Waals surface area (Å²) in [6.45, 7) is 6.08. The predicted octanol–water partition coefficient (Wildman–Crippen LogP) is 3.96. The zero-order chi connectivity index (χ0) is 23.2. The van der Waals surface area contributed by atoms with E-state index in [0.717, 1.165) is 61.7 Å². The summed E-state index contributed by atoms with van der Waals surface area (Å²) in [5.41, 5.74) is 4.49. The fraction of sp³-hybridized carbons (Fsp3) is 0.593. The molecule has 0 N–H and O–H groups in total. The van der Waals surface area contributed by atoms with Gasteiger partial charge in [0.05, 0.1) is 12.6 Å². The van der Waals surface area contributed by atoms with Gasteiger partial charge in [-0.1, -0.05) is 18.2 Å². The van der Waals surface area contributed by atoms with E-state index in [2.05, 4.69) is 45.2 Å². The number of likely N-dealkylation sites (tertiary alicyclic amines) is 2. The van der Waals surface area contributed by atoms with E-state index >= 15 is 0 Å². The highest BCUT2D eigenvalue weighted by atomic mass is 15.2. The van der Waals surface area contributed by atoms with Crippen molar-refractivity contribution in [2.24, 2.45) is 25.9 Å². The molecule has 4 heterocycles. The number of hydrogen-bond acceptors (Lipinski definition) is 7. The predicted molar refractivity (Wildman–Crippen MR) is 139 cm³/mol. The molecular formula is C27H35N7. The molecule has 2 fully saturated rings. The normalized spacial score (nSPS) is 29.3. The number of nitrogens with zero attached hydrogens (tertiary/aromatic N) is 7. The van der Waals surface area contributed by atoms with E-state index in [1.807, 2.05) is 6.21 Å². The molecule has 1 aliphatic carbocycles. The molecule has 34 heavy (non-hydrogen) atoms. The van der Waals surface area contributed by atoms with E-state index < -0.39 is 6.29 Å². The van der Waals surface area contributed by atoms with Crippen molar-refractivity contribution in [2.45, 2.75) is 57.7 Å². The number of hydrogen-bond donors (Lipinski definition) is 0. The SMILES string of the molecule is N#CC1C=C(C2=NC(N=C3C=CC(CN4CCCC4)=CCCC3)N=CC2)CN=C1N1CCCC1.